The highest BCUT2D eigenvalue weighted by Crippen LogP contribution is 2.21. The Kier molecular flexibility index (Phi) is 2.13. The van der Waals surface area contributed by atoms with E-state index in [4.69, 9.17) is 16.7 Å². The van der Waals surface area contributed by atoms with Gasteiger partial charge in [-0.3, -0.25) is 0 Å². The molecule has 2 aromatic rings. The van der Waals surface area contributed by atoms with Crippen LogP contribution in [0.25, 0.3) is 11.0 Å². The molecule has 0 aromatic carbocycles. The Balaban J connectivity index is 2.78. The molecule has 0 saturated heterocycles. The molecule has 2 N–H and O–H groups in total. The summed E-state index contributed by atoms with van der Waals surface area (Å²) < 4.78 is 0. The number of hydrogen-bond donors (Lipinski definition) is 2. The first-order valence-corrected chi connectivity index (χ1v) is 4.51. The van der Waals surface area contributed by atoms with E-state index in [1.54, 1.807) is 12.3 Å². The number of nitrogens with one attached hydrogen (secondary N) is 1. The Bertz CT molecular complexity index is 493. The van der Waals surface area contributed by atoms with Gasteiger partial charge in [0.1, 0.15) is 5.65 Å². The number of aromatic carboxylic acids is 1. The lowest BCUT2D eigenvalue weighted by Gasteiger charge is -2.02. The van der Waals surface area contributed by atoms with E-state index < -0.39 is 5.97 Å². The quantitative estimate of drug-likeness (QED) is 0.745. The van der Waals surface area contributed by atoms with Crippen molar-refractivity contribution in [3.05, 3.63) is 29.6 Å². The number of aromatic amines is 1. The van der Waals surface area contributed by atoms with Gasteiger partial charge in [0, 0.05) is 23.7 Å². The predicted octanol–water partition coefficient (Wildman–Crippen LogP) is 2.00. The summed E-state index contributed by atoms with van der Waals surface area (Å²) in [4.78, 5) is 17.7. The van der Waals surface area contributed by atoms with Crippen LogP contribution < -0.4 is 0 Å². The third kappa shape index (κ3) is 1.24. The zero-order valence-electron chi connectivity index (χ0n) is 7.12. The lowest BCUT2D eigenvalue weighted by molar-refractivity contribution is 0.0696. The predicted molar refractivity (Wildman–Crippen MR) is 52.6 cm³/mol. The fourth-order valence-corrected chi connectivity index (χ4v) is 1.68. The Morgan fingerprint density at radius 2 is 2.43 bits per heavy atom. The summed E-state index contributed by atoms with van der Waals surface area (Å²) in [6.45, 7) is 0. The van der Waals surface area contributed by atoms with Crippen LogP contribution in [0.5, 0.6) is 0 Å². The van der Waals surface area contributed by atoms with Gasteiger partial charge in [-0.05, 0) is 11.6 Å². The molecule has 2 heterocycles. The molecule has 2 aromatic heterocycles. The SMILES string of the molecule is O=C(O)c1cnc2[nH]ccc2c1CCl. The van der Waals surface area contributed by atoms with Gasteiger partial charge in [0.15, 0.2) is 0 Å². The highest BCUT2D eigenvalue weighted by Gasteiger charge is 2.13. The molecule has 14 heavy (non-hydrogen) atoms. The van der Waals surface area contributed by atoms with Gasteiger partial charge in [-0.15, -0.1) is 11.6 Å². The average molecular weight is 211 g/mol. The molecule has 2 rings (SSSR count). The molecule has 0 aliphatic rings. The van der Waals surface area contributed by atoms with Crippen molar-refractivity contribution in [2.75, 3.05) is 0 Å². The monoisotopic (exact) mass is 210 g/mol. The first-order chi connectivity index (χ1) is 6.74. The van der Waals surface area contributed by atoms with Gasteiger partial charge in [0.2, 0.25) is 0 Å². The molecular formula is C9H7ClN2O2. The van der Waals surface area contributed by atoms with Gasteiger partial charge >= 0.3 is 5.97 Å². The zero-order valence-corrected chi connectivity index (χ0v) is 7.88. The molecule has 0 aliphatic heterocycles. The summed E-state index contributed by atoms with van der Waals surface area (Å²) in [6, 6.07) is 1.77. The third-order valence-corrected chi connectivity index (χ3v) is 2.33. The number of hydrogen-bond acceptors (Lipinski definition) is 2. The van der Waals surface area contributed by atoms with Crippen molar-refractivity contribution >= 4 is 28.6 Å². The minimum Gasteiger partial charge on any atom is -0.478 e. The molecule has 0 atom stereocenters. The average Bonchev–Trinajstić information content (AvgIpc) is 2.63. The number of carboxylic acids is 1. The largest absolute Gasteiger partial charge is 0.478 e. The lowest BCUT2D eigenvalue weighted by Crippen LogP contribution is -2.02. The normalized spacial score (nSPS) is 10.6. The van der Waals surface area contributed by atoms with E-state index in [2.05, 4.69) is 9.97 Å². The molecule has 0 unspecified atom stereocenters. The highest BCUT2D eigenvalue weighted by molar-refractivity contribution is 6.18. The van der Waals surface area contributed by atoms with Crippen LogP contribution in [0.2, 0.25) is 0 Å². The summed E-state index contributed by atoms with van der Waals surface area (Å²) in [5.41, 5.74) is 1.42. The van der Waals surface area contributed by atoms with Crippen molar-refractivity contribution in [1.29, 1.82) is 0 Å². The fourth-order valence-electron chi connectivity index (χ4n) is 1.39. The van der Waals surface area contributed by atoms with Crippen LogP contribution >= 0.6 is 11.6 Å². The summed E-state index contributed by atoms with van der Waals surface area (Å²) in [5, 5.41) is 9.65. The van der Waals surface area contributed by atoms with E-state index in [9.17, 15) is 4.79 Å². The van der Waals surface area contributed by atoms with Crippen molar-refractivity contribution in [1.82, 2.24) is 9.97 Å². The second kappa shape index (κ2) is 3.31. The Morgan fingerprint density at radius 3 is 3.07 bits per heavy atom. The standard InChI is InChI=1S/C9H7ClN2O2/c10-3-6-5-1-2-11-8(5)12-4-7(6)9(13)14/h1-2,4H,3H2,(H,11,12)(H,13,14). The Hall–Kier alpha value is -1.55. The molecule has 0 radical (unpaired) electrons. The van der Waals surface area contributed by atoms with Crippen LogP contribution in [0.3, 0.4) is 0 Å². The number of pyridine rings is 1. The van der Waals surface area contributed by atoms with Crippen molar-refractivity contribution in [3.8, 4) is 0 Å². The number of carboxylic acid groups (broad SMARTS) is 1. The molecule has 5 heteroatoms. The van der Waals surface area contributed by atoms with E-state index in [1.165, 1.54) is 6.20 Å². The second-order valence-electron chi connectivity index (χ2n) is 2.83. The fraction of sp³-hybridized carbons (Fsp3) is 0.111. The van der Waals surface area contributed by atoms with E-state index in [0.717, 1.165) is 5.39 Å². The minimum atomic E-state index is -1.00. The number of halogens is 1. The molecule has 0 spiro atoms. The maximum atomic E-state index is 10.8. The molecule has 0 amide bonds. The van der Waals surface area contributed by atoms with Crippen molar-refractivity contribution in [2.45, 2.75) is 5.88 Å². The van der Waals surface area contributed by atoms with Crippen LogP contribution in [0, 0.1) is 0 Å². The summed E-state index contributed by atoms with van der Waals surface area (Å²) in [6.07, 6.45) is 3.03. The summed E-state index contributed by atoms with van der Waals surface area (Å²) in [7, 11) is 0. The van der Waals surface area contributed by atoms with Gasteiger partial charge < -0.3 is 10.1 Å². The van der Waals surface area contributed by atoms with Crippen molar-refractivity contribution in [2.24, 2.45) is 0 Å². The molecule has 0 saturated carbocycles. The first-order valence-electron chi connectivity index (χ1n) is 3.98. The maximum Gasteiger partial charge on any atom is 0.337 e. The van der Waals surface area contributed by atoms with E-state index in [-0.39, 0.29) is 11.4 Å². The van der Waals surface area contributed by atoms with Crippen LogP contribution in [0.1, 0.15) is 15.9 Å². The number of aromatic nitrogens is 2. The Labute approximate surface area is 84.5 Å². The van der Waals surface area contributed by atoms with Crippen molar-refractivity contribution in [3.63, 3.8) is 0 Å². The smallest absolute Gasteiger partial charge is 0.337 e. The lowest BCUT2D eigenvalue weighted by atomic mass is 10.1. The van der Waals surface area contributed by atoms with Gasteiger partial charge in [0.05, 0.1) is 5.56 Å². The maximum absolute atomic E-state index is 10.8. The number of alkyl halides is 1. The molecule has 0 bridgehead atoms. The van der Waals surface area contributed by atoms with Gasteiger partial charge in [-0.1, -0.05) is 0 Å². The zero-order chi connectivity index (χ0) is 10.1. The third-order valence-electron chi connectivity index (χ3n) is 2.06. The van der Waals surface area contributed by atoms with Crippen molar-refractivity contribution < 1.29 is 9.90 Å². The number of nitrogens with zero attached hydrogens (tertiary/aromatic N) is 1. The second-order valence-corrected chi connectivity index (χ2v) is 3.10. The van der Waals surface area contributed by atoms with E-state index in [1.807, 2.05) is 0 Å². The molecule has 4 nitrogen and oxygen atoms in total. The number of rotatable bonds is 2. The van der Waals surface area contributed by atoms with E-state index in [0.29, 0.717) is 11.2 Å². The van der Waals surface area contributed by atoms with Crippen LogP contribution in [0.15, 0.2) is 18.5 Å². The van der Waals surface area contributed by atoms with Crippen LogP contribution in [-0.4, -0.2) is 21.0 Å². The topological polar surface area (TPSA) is 66.0 Å². The summed E-state index contributed by atoms with van der Waals surface area (Å²) in [5.74, 6) is -0.838. The molecule has 0 aliphatic carbocycles. The summed E-state index contributed by atoms with van der Waals surface area (Å²) >= 11 is 5.71. The highest BCUT2D eigenvalue weighted by atomic mass is 35.5. The number of carbonyl (C=O) groups is 1. The molecule has 0 fully saturated rings. The van der Waals surface area contributed by atoms with Crippen LogP contribution in [0.4, 0.5) is 0 Å². The number of H-pyrrole nitrogens is 1. The minimum absolute atomic E-state index is 0.159. The van der Waals surface area contributed by atoms with Crippen LogP contribution in [-0.2, 0) is 5.88 Å². The van der Waals surface area contributed by atoms with E-state index >= 15 is 0 Å². The van der Waals surface area contributed by atoms with Gasteiger partial charge in [0.25, 0.3) is 0 Å². The molecular weight excluding hydrogens is 204 g/mol. The van der Waals surface area contributed by atoms with Gasteiger partial charge in [-0.2, -0.15) is 0 Å². The Morgan fingerprint density at radius 1 is 1.64 bits per heavy atom. The first kappa shape index (κ1) is 9.02. The van der Waals surface area contributed by atoms with Gasteiger partial charge in [-0.25, -0.2) is 9.78 Å². The molecule has 72 valence electrons. The number of fused-ring (bicyclic) bond motifs is 1.